The van der Waals surface area contributed by atoms with E-state index in [1.165, 1.54) is 4.90 Å². The van der Waals surface area contributed by atoms with Crippen LogP contribution in [0.25, 0.3) is 10.9 Å². The van der Waals surface area contributed by atoms with Crippen molar-refractivity contribution < 1.29 is 46.5 Å². The van der Waals surface area contributed by atoms with E-state index in [0.717, 1.165) is 92.9 Å². The molecule has 4 amide bonds. The first kappa shape index (κ1) is 45.7. The summed E-state index contributed by atoms with van der Waals surface area (Å²) in [5.41, 5.74) is -0.554. The van der Waals surface area contributed by atoms with E-state index < -0.39 is 73.3 Å². The molecular weight excluding hydrogens is 853 g/mol. The summed E-state index contributed by atoms with van der Waals surface area (Å²) in [4.78, 5) is 66.8. The number of carbonyl (C=O) groups excluding carboxylic acids is 4. The third-order valence-corrected chi connectivity index (χ3v) is 17.6. The fourth-order valence-corrected chi connectivity index (χ4v) is 11.9. The highest BCUT2D eigenvalue weighted by Gasteiger charge is 2.60. The Hall–Kier alpha value is -4.48. The number of rotatable bonds is 10. The number of nitrogens with one attached hydrogen (secondary N) is 3. The lowest BCUT2D eigenvalue weighted by Gasteiger charge is -2.48. The molecular formula is C48H66N6O10S. The van der Waals surface area contributed by atoms with Gasteiger partial charge in [-0.15, -0.1) is 0 Å². The van der Waals surface area contributed by atoms with Gasteiger partial charge in [0.25, 0.3) is 5.91 Å². The second kappa shape index (κ2) is 18.0. The number of pyridine rings is 1. The molecule has 0 radical (unpaired) electrons. The third-order valence-electron chi connectivity index (χ3n) is 15.5. The number of ether oxygens (including phenoxy) is 4. The molecule has 3 N–H and O–H groups in total. The molecule has 1 aromatic carbocycles. The molecule has 5 heterocycles. The van der Waals surface area contributed by atoms with Crippen molar-refractivity contribution in [2.75, 3.05) is 46.0 Å². The van der Waals surface area contributed by atoms with Gasteiger partial charge >= 0.3 is 6.09 Å². The Balaban J connectivity index is 1.03. The molecule has 9 rings (SSSR count). The van der Waals surface area contributed by atoms with Crippen molar-refractivity contribution in [1.29, 1.82) is 0 Å². The maximum absolute atomic E-state index is 15.1. The van der Waals surface area contributed by atoms with E-state index in [-0.39, 0.29) is 19.4 Å². The standard InChI is InChI=1S/C48H66N6O10S/c1-4-36-40-34(35-29-33(13-14-37(35)49-36)62-28-25-53-23-26-61-27-24-53)16-19-47(63-40)30-39-41(55)51-48(43(57)52-65(59,60)46(3)21-22-46)20-15-32(48)11-8-6-5-7-9-12-38(42(56)54(39)31-47)50-44(58)64-45(2)17-10-18-45/h8,11,13-14,29,32,38-39H,4-7,9-10,12,15-28,30-31H2,1-3H3,(H,50,58)(H,51,55)(H,52,57)/b11-8-/t32-,38+,39+,47-,48-/m1/s1. The highest BCUT2D eigenvalue weighted by Crippen LogP contribution is 2.48. The number of sulfonamides is 1. The van der Waals surface area contributed by atoms with Crippen LogP contribution >= 0.6 is 0 Å². The molecule has 0 bridgehead atoms. The third kappa shape index (κ3) is 9.17. The number of carbonyl (C=O) groups is 4. The van der Waals surface area contributed by atoms with Crippen LogP contribution in [-0.4, -0.2) is 127 Å². The Bertz CT molecular complexity index is 2330. The number of allylic oxidation sites excluding steroid dienone is 1. The van der Waals surface area contributed by atoms with Crippen molar-refractivity contribution in [2.45, 2.75) is 157 Å². The summed E-state index contributed by atoms with van der Waals surface area (Å²) in [6.07, 6.45) is 12.4. The predicted molar refractivity (Wildman–Crippen MR) is 242 cm³/mol. The van der Waals surface area contributed by atoms with Crippen LogP contribution in [-0.2, 0) is 46.7 Å². The molecule has 2 saturated heterocycles. The number of aromatic nitrogens is 1. The molecule has 5 atom stereocenters. The Labute approximate surface area is 382 Å². The van der Waals surface area contributed by atoms with Crippen LogP contribution in [0.5, 0.6) is 11.5 Å². The topological polar surface area (TPSA) is 195 Å². The maximum atomic E-state index is 15.1. The highest BCUT2D eigenvalue weighted by molar-refractivity contribution is 7.91. The lowest BCUT2D eigenvalue weighted by atomic mass is 9.65. The SMILES string of the molecule is CCc1nc2ccc(OCCN3CCOCC3)cc2c2c1O[C@]1(CC2)C[C@H]2C(=O)N[C@]3(C(=O)NS(=O)(=O)C4(C)CC4)CC[C@H]3/C=C\CCCCC[C@H](NC(=O)OC3(C)CCC3)C(=O)N2C1. The maximum Gasteiger partial charge on any atom is 0.408 e. The minimum absolute atomic E-state index is 0.0510. The minimum Gasteiger partial charge on any atom is -0.492 e. The number of benzene rings is 1. The first-order valence-corrected chi connectivity index (χ1v) is 25.6. The average Bonchev–Trinajstić information content (AvgIpc) is 3.94. The van der Waals surface area contributed by atoms with Gasteiger partial charge in [-0.05, 0) is 116 Å². The van der Waals surface area contributed by atoms with Gasteiger partial charge in [-0.25, -0.2) is 18.2 Å². The van der Waals surface area contributed by atoms with Gasteiger partial charge in [-0.1, -0.05) is 31.9 Å². The first-order chi connectivity index (χ1) is 31.1. The van der Waals surface area contributed by atoms with Crippen molar-refractivity contribution in [2.24, 2.45) is 5.92 Å². The molecule has 3 saturated carbocycles. The number of aryl methyl sites for hydroxylation is 2. The zero-order valence-electron chi connectivity index (χ0n) is 38.2. The fraction of sp³-hybridized carbons (Fsp3) is 0.688. The summed E-state index contributed by atoms with van der Waals surface area (Å²) < 4.78 is 52.9. The Morgan fingerprint density at radius 1 is 1.00 bits per heavy atom. The molecule has 65 heavy (non-hydrogen) atoms. The lowest BCUT2D eigenvalue weighted by molar-refractivity contribution is -0.144. The molecule has 17 heteroatoms. The van der Waals surface area contributed by atoms with Crippen LogP contribution in [0.4, 0.5) is 4.79 Å². The van der Waals surface area contributed by atoms with E-state index in [1.54, 1.807) is 6.92 Å². The molecule has 354 valence electrons. The van der Waals surface area contributed by atoms with Crippen molar-refractivity contribution in [1.82, 2.24) is 30.1 Å². The van der Waals surface area contributed by atoms with Crippen molar-refractivity contribution >= 4 is 44.7 Å². The first-order valence-electron chi connectivity index (χ1n) is 24.1. The molecule has 2 aromatic rings. The van der Waals surface area contributed by atoms with E-state index in [9.17, 15) is 18.0 Å². The summed E-state index contributed by atoms with van der Waals surface area (Å²) >= 11 is 0. The van der Waals surface area contributed by atoms with Crippen LogP contribution in [0.2, 0.25) is 0 Å². The molecule has 1 aromatic heterocycles. The van der Waals surface area contributed by atoms with Crippen LogP contribution in [0.15, 0.2) is 30.4 Å². The van der Waals surface area contributed by atoms with E-state index in [4.69, 9.17) is 23.9 Å². The molecule has 0 unspecified atom stereocenters. The number of hydrogen-bond donors (Lipinski definition) is 3. The Morgan fingerprint density at radius 2 is 1.80 bits per heavy atom. The van der Waals surface area contributed by atoms with Crippen LogP contribution < -0.4 is 24.8 Å². The zero-order chi connectivity index (χ0) is 45.6. The average molecular weight is 919 g/mol. The monoisotopic (exact) mass is 918 g/mol. The molecule has 5 fully saturated rings. The van der Waals surface area contributed by atoms with Gasteiger partial charge in [0, 0.05) is 42.9 Å². The quantitative estimate of drug-likeness (QED) is 0.271. The van der Waals surface area contributed by atoms with Crippen LogP contribution in [0.1, 0.15) is 122 Å². The number of nitrogens with zero attached hydrogens (tertiary/aromatic N) is 3. The van der Waals surface area contributed by atoms with Crippen molar-refractivity contribution in [3.05, 3.63) is 41.6 Å². The molecule has 1 spiro atoms. The largest absolute Gasteiger partial charge is 0.492 e. The zero-order valence-corrected chi connectivity index (χ0v) is 39.0. The smallest absolute Gasteiger partial charge is 0.408 e. The molecule has 16 nitrogen and oxygen atoms in total. The van der Waals surface area contributed by atoms with Gasteiger partial charge in [0.05, 0.1) is 35.7 Å². The number of fused-ring (bicyclic) bond motifs is 5. The van der Waals surface area contributed by atoms with Gasteiger partial charge in [0.2, 0.25) is 21.8 Å². The Morgan fingerprint density at radius 3 is 2.51 bits per heavy atom. The predicted octanol–water partition coefficient (Wildman–Crippen LogP) is 4.99. The summed E-state index contributed by atoms with van der Waals surface area (Å²) in [5.74, 6) is -0.847. The van der Waals surface area contributed by atoms with Crippen LogP contribution in [0, 0.1) is 5.92 Å². The van der Waals surface area contributed by atoms with Crippen molar-refractivity contribution in [3.63, 3.8) is 0 Å². The van der Waals surface area contributed by atoms with E-state index in [0.29, 0.717) is 70.1 Å². The summed E-state index contributed by atoms with van der Waals surface area (Å²) in [7, 11) is -4.02. The second-order valence-electron chi connectivity index (χ2n) is 20.1. The van der Waals surface area contributed by atoms with Crippen LogP contribution in [0.3, 0.4) is 0 Å². The fourth-order valence-electron chi connectivity index (χ4n) is 10.6. The number of amides is 4. The summed E-state index contributed by atoms with van der Waals surface area (Å²) in [6, 6.07) is 3.87. The highest BCUT2D eigenvalue weighted by atomic mass is 32.2. The molecule has 7 aliphatic rings. The number of morpholine rings is 1. The summed E-state index contributed by atoms with van der Waals surface area (Å²) in [5, 5.41) is 6.87. The van der Waals surface area contributed by atoms with Gasteiger partial charge < -0.3 is 34.5 Å². The van der Waals surface area contributed by atoms with E-state index in [2.05, 4.69) is 20.3 Å². The van der Waals surface area contributed by atoms with Gasteiger partial charge in [-0.2, -0.15) is 0 Å². The van der Waals surface area contributed by atoms with Gasteiger partial charge in [0.1, 0.15) is 46.9 Å². The second-order valence-corrected chi connectivity index (χ2v) is 22.3. The van der Waals surface area contributed by atoms with E-state index >= 15 is 9.59 Å². The van der Waals surface area contributed by atoms with Gasteiger partial charge in [0.15, 0.2) is 0 Å². The van der Waals surface area contributed by atoms with E-state index in [1.807, 2.05) is 44.2 Å². The van der Waals surface area contributed by atoms with Crippen molar-refractivity contribution in [3.8, 4) is 11.5 Å². The number of hydrogen-bond acceptors (Lipinski definition) is 12. The molecule has 4 aliphatic heterocycles. The Kier molecular flexibility index (Phi) is 12.6. The summed E-state index contributed by atoms with van der Waals surface area (Å²) in [6.45, 7) is 10.1. The minimum atomic E-state index is -4.02. The number of alkyl carbamates (subject to hydrolysis) is 1. The molecule has 3 aliphatic carbocycles. The lowest BCUT2D eigenvalue weighted by Crippen LogP contribution is -2.70. The van der Waals surface area contributed by atoms with Gasteiger partial charge in [-0.3, -0.25) is 24.0 Å². The normalized spacial score (nSPS) is 30.4.